The van der Waals surface area contributed by atoms with Crippen molar-refractivity contribution in [2.24, 2.45) is 0 Å². The van der Waals surface area contributed by atoms with E-state index in [9.17, 15) is 13.6 Å². The third-order valence-corrected chi connectivity index (χ3v) is 3.38. The largest absolute Gasteiger partial charge is 0.481 e. The van der Waals surface area contributed by atoms with E-state index in [4.69, 9.17) is 5.11 Å². The number of rotatable bonds is 3. The number of nitrogens with zero attached hydrogens (tertiary/aromatic N) is 1. The second-order valence-electron chi connectivity index (χ2n) is 2.68. The number of pyridine rings is 1. The Labute approximate surface area is 112 Å². The van der Waals surface area contributed by atoms with Gasteiger partial charge in [0.15, 0.2) is 0 Å². The lowest BCUT2D eigenvalue weighted by Gasteiger charge is -2.06. The number of carboxylic acid groups (broad SMARTS) is 1. The van der Waals surface area contributed by atoms with E-state index in [-0.39, 0.29) is 12.1 Å². The molecule has 0 atom stereocenters. The van der Waals surface area contributed by atoms with Gasteiger partial charge < -0.3 is 5.11 Å². The average molecular weight is 439 g/mol. The van der Waals surface area contributed by atoms with Gasteiger partial charge in [0.2, 0.25) is 0 Å². The zero-order valence-corrected chi connectivity index (χ0v) is 11.5. The molecule has 0 amide bonds. The maximum Gasteiger partial charge on any atom is 0.307 e. The van der Waals surface area contributed by atoms with Crippen molar-refractivity contribution in [3.05, 3.63) is 24.6 Å². The van der Waals surface area contributed by atoms with Crippen LogP contribution in [0.15, 0.2) is 6.07 Å². The minimum absolute atomic E-state index is 0.204. The summed E-state index contributed by atoms with van der Waals surface area (Å²) >= 11 is 3.48. The van der Waals surface area contributed by atoms with E-state index < -0.39 is 12.4 Å². The molecular formula is C8H5F2I2NO2. The third-order valence-electron chi connectivity index (χ3n) is 1.58. The van der Waals surface area contributed by atoms with E-state index >= 15 is 0 Å². The lowest BCUT2D eigenvalue weighted by atomic mass is 10.2. The summed E-state index contributed by atoms with van der Waals surface area (Å²) in [6, 6.07) is 1.44. The fraction of sp³-hybridized carbons (Fsp3) is 0.250. The summed E-state index contributed by atoms with van der Waals surface area (Å²) in [4.78, 5) is 14.2. The summed E-state index contributed by atoms with van der Waals surface area (Å²) in [6.45, 7) is 0. The van der Waals surface area contributed by atoms with Crippen LogP contribution in [-0.2, 0) is 11.2 Å². The molecule has 0 saturated carbocycles. The van der Waals surface area contributed by atoms with Crippen molar-refractivity contribution < 1.29 is 18.7 Å². The normalized spacial score (nSPS) is 10.7. The Kier molecular flexibility index (Phi) is 4.62. The maximum atomic E-state index is 12.4. The van der Waals surface area contributed by atoms with Crippen LogP contribution >= 0.6 is 45.2 Å². The maximum absolute atomic E-state index is 12.4. The quantitative estimate of drug-likeness (QED) is 0.583. The van der Waals surface area contributed by atoms with Crippen LogP contribution < -0.4 is 0 Å². The Hall–Kier alpha value is -0.0600. The molecule has 0 aliphatic carbocycles. The fourth-order valence-corrected chi connectivity index (χ4v) is 2.30. The molecule has 1 N–H and O–H groups in total. The highest BCUT2D eigenvalue weighted by Crippen LogP contribution is 2.25. The van der Waals surface area contributed by atoms with Gasteiger partial charge in [0.05, 0.1) is 6.42 Å². The number of aromatic nitrogens is 1. The zero-order valence-electron chi connectivity index (χ0n) is 7.18. The van der Waals surface area contributed by atoms with Gasteiger partial charge in [0, 0.05) is 3.57 Å². The lowest BCUT2D eigenvalue weighted by molar-refractivity contribution is -0.136. The van der Waals surface area contributed by atoms with Gasteiger partial charge in [-0.1, -0.05) is 0 Å². The van der Waals surface area contributed by atoms with Gasteiger partial charge in [-0.15, -0.1) is 0 Å². The number of hydrogen-bond donors (Lipinski definition) is 1. The molecule has 0 bridgehead atoms. The van der Waals surface area contributed by atoms with Crippen molar-refractivity contribution in [3.8, 4) is 0 Å². The summed E-state index contributed by atoms with van der Waals surface area (Å²) in [6.07, 6.45) is -2.84. The minimum Gasteiger partial charge on any atom is -0.481 e. The number of carboxylic acids is 1. The lowest BCUT2D eigenvalue weighted by Crippen LogP contribution is -2.06. The van der Waals surface area contributed by atoms with Crippen LogP contribution in [0.1, 0.15) is 17.7 Å². The Morgan fingerprint density at radius 3 is 2.60 bits per heavy atom. The molecule has 82 valence electrons. The predicted molar refractivity (Wildman–Crippen MR) is 66.0 cm³/mol. The van der Waals surface area contributed by atoms with Crippen LogP contribution in [0, 0.1) is 7.27 Å². The molecule has 1 heterocycles. The van der Waals surface area contributed by atoms with E-state index in [0.29, 0.717) is 12.8 Å². The molecule has 0 saturated heterocycles. The summed E-state index contributed by atoms with van der Waals surface area (Å²) in [7, 11) is 0. The van der Waals surface area contributed by atoms with Gasteiger partial charge >= 0.3 is 5.97 Å². The second kappa shape index (κ2) is 5.32. The monoisotopic (exact) mass is 439 g/mol. The van der Waals surface area contributed by atoms with Gasteiger partial charge in [-0.05, 0) is 56.8 Å². The van der Waals surface area contributed by atoms with E-state index in [2.05, 4.69) is 4.98 Å². The summed E-state index contributed by atoms with van der Waals surface area (Å²) in [5.41, 5.74) is 0.158. The van der Waals surface area contributed by atoms with E-state index in [1.54, 1.807) is 45.2 Å². The average Bonchev–Trinajstić information content (AvgIpc) is 2.09. The molecule has 0 unspecified atom stereocenters. The predicted octanol–water partition coefficient (Wildman–Crippen LogP) is 2.86. The molecule has 7 heteroatoms. The minimum atomic E-state index is -2.63. The van der Waals surface area contributed by atoms with Gasteiger partial charge in [-0.3, -0.25) is 4.79 Å². The van der Waals surface area contributed by atoms with Gasteiger partial charge in [0.25, 0.3) is 6.43 Å². The Morgan fingerprint density at radius 2 is 2.13 bits per heavy atom. The van der Waals surface area contributed by atoms with Crippen LogP contribution in [0.25, 0.3) is 0 Å². The molecule has 0 radical (unpaired) electrons. The molecule has 0 aliphatic rings. The first-order valence-corrected chi connectivity index (χ1v) is 5.92. The summed E-state index contributed by atoms with van der Waals surface area (Å²) in [5, 5.41) is 8.58. The van der Waals surface area contributed by atoms with Crippen LogP contribution in [0.5, 0.6) is 0 Å². The molecule has 1 aromatic rings. The first-order valence-electron chi connectivity index (χ1n) is 3.76. The Morgan fingerprint density at radius 1 is 1.53 bits per heavy atom. The molecule has 1 rings (SSSR count). The van der Waals surface area contributed by atoms with Crippen LogP contribution in [0.3, 0.4) is 0 Å². The first kappa shape index (κ1) is 13.0. The molecule has 0 aliphatic heterocycles. The fourth-order valence-electron chi connectivity index (χ4n) is 0.957. The third kappa shape index (κ3) is 3.47. The van der Waals surface area contributed by atoms with Crippen LogP contribution in [-0.4, -0.2) is 16.1 Å². The van der Waals surface area contributed by atoms with E-state index in [1.807, 2.05) is 0 Å². The molecule has 3 nitrogen and oxygen atoms in total. The van der Waals surface area contributed by atoms with Crippen molar-refractivity contribution in [3.63, 3.8) is 0 Å². The summed E-state index contributed by atoms with van der Waals surface area (Å²) < 4.78 is 25.4. The van der Waals surface area contributed by atoms with Crippen LogP contribution in [0.2, 0.25) is 0 Å². The first-order chi connectivity index (χ1) is 6.91. The number of halogens is 4. The zero-order chi connectivity index (χ0) is 11.6. The molecule has 0 aromatic carbocycles. The highest BCUT2D eigenvalue weighted by atomic mass is 127. The highest BCUT2D eigenvalue weighted by molar-refractivity contribution is 14.1. The molecule has 0 spiro atoms. The van der Waals surface area contributed by atoms with Gasteiger partial charge in [-0.2, -0.15) is 0 Å². The second-order valence-corrected chi connectivity index (χ2v) is 4.86. The highest BCUT2D eigenvalue weighted by Gasteiger charge is 2.17. The summed E-state index contributed by atoms with van der Waals surface area (Å²) in [5.74, 6) is -1.00. The van der Waals surface area contributed by atoms with Crippen LogP contribution in [0.4, 0.5) is 8.78 Å². The van der Waals surface area contributed by atoms with Crippen molar-refractivity contribution in [2.75, 3.05) is 0 Å². The van der Waals surface area contributed by atoms with Crippen molar-refractivity contribution in [1.29, 1.82) is 0 Å². The number of carbonyl (C=O) groups is 1. The Bertz CT molecular complexity index is 398. The Balaban J connectivity index is 3.13. The van der Waals surface area contributed by atoms with Crippen molar-refractivity contribution >= 4 is 51.2 Å². The number of alkyl halides is 2. The molecule has 15 heavy (non-hydrogen) atoms. The van der Waals surface area contributed by atoms with Crippen molar-refractivity contribution in [2.45, 2.75) is 12.8 Å². The van der Waals surface area contributed by atoms with E-state index in [1.165, 1.54) is 6.07 Å². The SMILES string of the molecule is O=C(O)Cc1cc(I)c(C(F)F)nc1I. The number of hydrogen-bond acceptors (Lipinski definition) is 2. The smallest absolute Gasteiger partial charge is 0.307 e. The number of aliphatic carboxylic acids is 1. The van der Waals surface area contributed by atoms with Gasteiger partial charge in [0.1, 0.15) is 9.39 Å². The van der Waals surface area contributed by atoms with E-state index in [0.717, 1.165) is 0 Å². The van der Waals surface area contributed by atoms with Gasteiger partial charge in [-0.25, -0.2) is 13.8 Å². The molecule has 0 fully saturated rings. The topological polar surface area (TPSA) is 50.2 Å². The molecular weight excluding hydrogens is 434 g/mol. The molecule has 1 aromatic heterocycles. The van der Waals surface area contributed by atoms with Crippen molar-refractivity contribution in [1.82, 2.24) is 4.98 Å². The standard InChI is InChI=1S/C8H5F2I2NO2/c9-7(10)6-4(11)1-3(2-5(14)15)8(12)13-6/h1,7H,2H2,(H,14,15).